The summed E-state index contributed by atoms with van der Waals surface area (Å²) < 4.78 is 0. The monoisotopic (exact) mass is 205 g/mol. The van der Waals surface area contributed by atoms with Crippen molar-refractivity contribution in [1.29, 1.82) is 0 Å². The molecule has 1 aromatic rings. The molecule has 0 unspecified atom stereocenters. The molecular formula is C11H15N3O. The van der Waals surface area contributed by atoms with E-state index in [-0.39, 0.29) is 5.91 Å². The van der Waals surface area contributed by atoms with Gasteiger partial charge in [0.15, 0.2) is 0 Å². The Labute approximate surface area is 89.3 Å². The predicted molar refractivity (Wildman–Crippen MR) is 58.5 cm³/mol. The van der Waals surface area contributed by atoms with Crippen LogP contribution in [0.15, 0.2) is 24.4 Å². The van der Waals surface area contributed by atoms with Crippen LogP contribution in [0.2, 0.25) is 0 Å². The lowest BCUT2D eigenvalue weighted by molar-refractivity contribution is -0.117. The third-order valence-electron chi connectivity index (χ3n) is 2.50. The van der Waals surface area contributed by atoms with E-state index in [2.05, 4.69) is 15.2 Å². The minimum absolute atomic E-state index is 0.0237. The molecule has 1 N–H and O–H groups in total. The molecule has 1 aromatic heterocycles. The molecule has 2 heterocycles. The summed E-state index contributed by atoms with van der Waals surface area (Å²) in [6.45, 7) is 2.56. The summed E-state index contributed by atoms with van der Waals surface area (Å²) in [7, 11) is 0. The molecule has 0 saturated carbocycles. The number of anilines is 1. The Morgan fingerprint density at radius 2 is 2.20 bits per heavy atom. The molecule has 0 bridgehead atoms. The van der Waals surface area contributed by atoms with Crippen LogP contribution in [0.25, 0.3) is 0 Å². The molecule has 1 amide bonds. The van der Waals surface area contributed by atoms with Crippen LogP contribution in [0, 0.1) is 0 Å². The fourth-order valence-electron chi connectivity index (χ4n) is 1.76. The van der Waals surface area contributed by atoms with Crippen molar-refractivity contribution < 1.29 is 4.79 Å². The van der Waals surface area contributed by atoms with Gasteiger partial charge in [-0.2, -0.15) is 0 Å². The summed E-state index contributed by atoms with van der Waals surface area (Å²) in [4.78, 5) is 17.8. The number of hydrogen-bond donors (Lipinski definition) is 1. The maximum Gasteiger partial charge on any atom is 0.239 e. The second kappa shape index (κ2) is 4.89. The van der Waals surface area contributed by atoms with Gasteiger partial charge in [0.2, 0.25) is 5.91 Å². The molecule has 80 valence electrons. The summed E-state index contributed by atoms with van der Waals surface area (Å²) in [5.74, 6) is 0.650. The maximum atomic E-state index is 11.6. The molecular weight excluding hydrogens is 190 g/mol. The van der Waals surface area contributed by atoms with Gasteiger partial charge in [-0.15, -0.1) is 0 Å². The van der Waals surface area contributed by atoms with Crippen molar-refractivity contribution in [1.82, 2.24) is 9.88 Å². The molecule has 0 aliphatic carbocycles. The predicted octanol–water partition coefficient (Wildman–Crippen LogP) is 1.12. The van der Waals surface area contributed by atoms with E-state index in [0.29, 0.717) is 12.4 Å². The lowest BCUT2D eigenvalue weighted by Crippen LogP contribution is -2.31. The average Bonchev–Trinajstić information content (AvgIpc) is 2.71. The minimum Gasteiger partial charge on any atom is -0.310 e. The molecule has 1 saturated heterocycles. The van der Waals surface area contributed by atoms with Gasteiger partial charge in [-0.25, -0.2) is 4.98 Å². The molecule has 4 nitrogen and oxygen atoms in total. The molecule has 1 aliphatic rings. The summed E-state index contributed by atoms with van der Waals surface area (Å²) in [5.41, 5.74) is 0. The Balaban J connectivity index is 1.82. The highest BCUT2D eigenvalue weighted by Crippen LogP contribution is 2.07. The third kappa shape index (κ3) is 3.02. The number of likely N-dealkylation sites (tertiary alicyclic amines) is 1. The van der Waals surface area contributed by atoms with Crippen LogP contribution in [0.5, 0.6) is 0 Å². The van der Waals surface area contributed by atoms with Crippen LogP contribution >= 0.6 is 0 Å². The van der Waals surface area contributed by atoms with E-state index in [9.17, 15) is 4.79 Å². The van der Waals surface area contributed by atoms with Crippen LogP contribution in [0.1, 0.15) is 12.8 Å². The summed E-state index contributed by atoms with van der Waals surface area (Å²) >= 11 is 0. The van der Waals surface area contributed by atoms with Gasteiger partial charge in [-0.05, 0) is 38.1 Å². The van der Waals surface area contributed by atoms with Crippen molar-refractivity contribution in [3.8, 4) is 0 Å². The lowest BCUT2D eigenvalue weighted by atomic mass is 10.4. The van der Waals surface area contributed by atoms with E-state index in [1.807, 2.05) is 12.1 Å². The second-order valence-corrected chi connectivity index (χ2v) is 3.75. The Bertz CT molecular complexity index is 320. The van der Waals surface area contributed by atoms with Gasteiger partial charge in [-0.3, -0.25) is 9.69 Å². The largest absolute Gasteiger partial charge is 0.310 e. The molecule has 0 radical (unpaired) electrons. The smallest absolute Gasteiger partial charge is 0.239 e. The fraction of sp³-hybridized carbons (Fsp3) is 0.455. The van der Waals surface area contributed by atoms with Gasteiger partial charge in [0.05, 0.1) is 6.54 Å². The SMILES string of the molecule is O=C(CN1CCCC1)Nc1ccccn1. The first kappa shape index (κ1) is 10.1. The average molecular weight is 205 g/mol. The molecule has 0 spiro atoms. The molecule has 2 rings (SSSR count). The highest BCUT2D eigenvalue weighted by Gasteiger charge is 2.14. The normalized spacial score (nSPS) is 16.5. The topological polar surface area (TPSA) is 45.2 Å². The van der Waals surface area contributed by atoms with Gasteiger partial charge < -0.3 is 5.32 Å². The van der Waals surface area contributed by atoms with Gasteiger partial charge >= 0.3 is 0 Å². The Hall–Kier alpha value is -1.42. The number of amides is 1. The van der Waals surface area contributed by atoms with E-state index in [1.54, 1.807) is 12.3 Å². The summed E-state index contributed by atoms with van der Waals surface area (Å²) in [6, 6.07) is 5.48. The standard InChI is InChI=1S/C11H15N3O/c15-11(9-14-7-3-4-8-14)13-10-5-1-2-6-12-10/h1-2,5-6H,3-4,7-9H2,(H,12,13,15). The highest BCUT2D eigenvalue weighted by molar-refractivity contribution is 5.91. The van der Waals surface area contributed by atoms with Crippen molar-refractivity contribution in [2.24, 2.45) is 0 Å². The molecule has 0 atom stereocenters. The van der Waals surface area contributed by atoms with Crippen LogP contribution in [0.4, 0.5) is 5.82 Å². The fourth-order valence-corrected chi connectivity index (χ4v) is 1.76. The van der Waals surface area contributed by atoms with Crippen molar-refractivity contribution in [3.05, 3.63) is 24.4 Å². The number of pyridine rings is 1. The zero-order valence-electron chi connectivity index (χ0n) is 8.65. The second-order valence-electron chi connectivity index (χ2n) is 3.75. The quantitative estimate of drug-likeness (QED) is 0.804. The first-order valence-corrected chi connectivity index (χ1v) is 5.28. The van der Waals surface area contributed by atoms with E-state index in [1.165, 1.54) is 12.8 Å². The number of aromatic nitrogens is 1. The first-order chi connectivity index (χ1) is 7.34. The van der Waals surface area contributed by atoms with Gasteiger partial charge in [0.25, 0.3) is 0 Å². The van der Waals surface area contributed by atoms with E-state index < -0.39 is 0 Å². The highest BCUT2D eigenvalue weighted by atomic mass is 16.2. The van der Waals surface area contributed by atoms with Crippen LogP contribution in [0.3, 0.4) is 0 Å². The zero-order valence-corrected chi connectivity index (χ0v) is 8.65. The molecule has 4 heteroatoms. The zero-order chi connectivity index (χ0) is 10.5. The first-order valence-electron chi connectivity index (χ1n) is 5.28. The number of carbonyl (C=O) groups excluding carboxylic acids is 1. The van der Waals surface area contributed by atoms with E-state index in [0.717, 1.165) is 13.1 Å². The van der Waals surface area contributed by atoms with E-state index >= 15 is 0 Å². The third-order valence-corrected chi connectivity index (χ3v) is 2.50. The molecule has 1 aliphatic heterocycles. The number of nitrogens with zero attached hydrogens (tertiary/aromatic N) is 2. The molecule has 0 aromatic carbocycles. The lowest BCUT2D eigenvalue weighted by Gasteiger charge is -2.13. The Morgan fingerprint density at radius 1 is 1.40 bits per heavy atom. The van der Waals surface area contributed by atoms with Crippen molar-refractivity contribution in [3.63, 3.8) is 0 Å². The van der Waals surface area contributed by atoms with Crippen molar-refractivity contribution >= 4 is 11.7 Å². The van der Waals surface area contributed by atoms with Crippen LogP contribution in [-0.4, -0.2) is 35.4 Å². The van der Waals surface area contributed by atoms with Crippen LogP contribution < -0.4 is 5.32 Å². The summed E-state index contributed by atoms with van der Waals surface area (Å²) in [5, 5.41) is 2.78. The van der Waals surface area contributed by atoms with Crippen molar-refractivity contribution in [2.45, 2.75) is 12.8 Å². The number of rotatable bonds is 3. The van der Waals surface area contributed by atoms with Crippen LogP contribution in [-0.2, 0) is 4.79 Å². The van der Waals surface area contributed by atoms with Crippen molar-refractivity contribution in [2.75, 3.05) is 25.0 Å². The van der Waals surface area contributed by atoms with E-state index in [4.69, 9.17) is 0 Å². The Morgan fingerprint density at radius 3 is 2.87 bits per heavy atom. The maximum absolute atomic E-state index is 11.6. The number of nitrogens with one attached hydrogen (secondary N) is 1. The van der Waals surface area contributed by atoms with Gasteiger partial charge in [0.1, 0.15) is 5.82 Å². The number of hydrogen-bond acceptors (Lipinski definition) is 3. The van der Waals surface area contributed by atoms with Gasteiger partial charge in [-0.1, -0.05) is 6.07 Å². The molecule has 1 fully saturated rings. The Kier molecular flexibility index (Phi) is 3.29. The van der Waals surface area contributed by atoms with Gasteiger partial charge in [0, 0.05) is 6.20 Å². The molecule has 15 heavy (non-hydrogen) atoms. The number of carbonyl (C=O) groups is 1. The minimum atomic E-state index is 0.0237. The summed E-state index contributed by atoms with van der Waals surface area (Å²) in [6.07, 6.45) is 4.08.